The van der Waals surface area contributed by atoms with Crippen molar-refractivity contribution in [3.63, 3.8) is 0 Å². The molecule has 3 aromatic heterocycles. The number of pyridine rings is 1. The van der Waals surface area contributed by atoms with Crippen LogP contribution in [0, 0.1) is 0 Å². The molecule has 5 N–H and O–H groups in total. The summed E-state index contributed by atoms with van der Waals surface area (Å²) in [5, 5.41) is 30.5. The molecule has 0 bridgehead atoms. The summed E-state index contributed by atoms with van der Waals surface area (Å²) in [5.41, 5.74) is 9.43. The van der Waals surface area contributed by atoms with Crippen LogP contribution in [0.5, 0.6) is 0 Å². The summed E-state index contributed by atoms with van der Waals surface area (Å²) in [6.07, 6.45) is 4.45. The van der Waals surface area contributed by atoms with E-state index in [9.17, 15) is 14.8 Å². The number of aryl methyl sites for hydroxylation is 1. The predicted molar refractivity (Wildman–Crippen MR) is 118 cm³/mol. The van der Waals surface area contributed by atoms with E-state index in [0.717, 1.165) is 36.1 Å². The Hall–Kier alpha value is -3.83. The number of nitrogens with one attached hydrogen (secondary N) is 1. The van der Waals surface area contributed by atoms with Gasteiger partial charge in [-0.15, -0.1) is 10.2 Å². The Morgan fingerprint density at radius 1 is 1.16 bits per heavy atom. The molecule has 0 radical (unpaired) electrons. The van der Waals surface area contributed by atoms with Gasteiger partial charge in [0.2, 0.25) is 5.82 Å². The Labute approximate surface area is 183 Å². The first-order chi connectivity index (χ1) is 15.5. The summed E-state index contributed by atoms with van der Waals surface area (Å²) in [6, 6.07) is 10.4. The van der Waals surface area contributed by atoms with Gasteiger partial charge >= 0.3 is 7.12 Å². The number of rotatable bonds is 6. The van der Waals surface area contributed by atoms with Crippen molar-refractivity contribution >= 4 is 30.0 Å². The molecule has 1 aromatic carbocycles. The maximum absolute atomic E-state index is 11.7. The zero-order valence-corrected chi connectivity index (χ0v) is 17.1. The fourth-order valence-electron chi connectivity index (χ4n) is 3.99. The third-order valence-corrected chi connectivity index (χ3v) is 5.54. The second kappa shape index (κ2) is 8.02. The van der Waals surface area contributed by atoms with Crippen LogP contribution >= 0.6 is 0 Å². The topological polar surface area (TPSA) is 152 Å². The molecular formula is C21H20BN7O3. The van der Waals surface area contributed by atoms with Crippen LogP contribution in [0.3, 0.4) is 0 Å². The molecule has 1 aliphatic rings. The molecule has 0 unspecified atom stereocenters. The first kappa shape index (κ1) is 20.1. The highest BCUT2D eigenvalue weighted by atomic mass is 16.4. The van der Waals surface area contributed by atoms with E-state index in [2.05, 4.69) is 15.5 Å². The monoisotopic (exact) mass is 429 g/mol. The van der Waals surface area contributed by atoms with E-state index >= 15 is 0 Å². The number of amides is 1. The Bertz CT molecular complexity index is 1340. The lowest BCUT2D eigenvalue weighted by atomic mass is 9.79. The molecule has 4 aromatic rings. The molecule has 0 spiro atoms. The zero-order valence-electron chi connectivity index (χ0n) is 17.1. The minimum atomic E-state index is -1.52. The van der Waals surface area contributed by atoms with Gasteiger partial charge in [0.05, 0.1) is 5.56 Å². The Morgan fingerprint density at radius 2 is 2.03 bits per heavy atom. The van der Waals surface area contributed by atoms with Gasteiger partial charge in [-0.2, -0.15) is 0 Å². The molecule has 1 amide bonds. The highest BCUT2D eigenvalue weighted by Crippen LogP contribution is 2.29. The standard InChI is InChI=1S/C21H20BN7O3/c23-17(30)15-7-3-9-29-20(15)27-28-21(29)19-25-16-8-2-6-14(16)18(26-19)24-11-12-4-1-5-13(10-12)22(31)32/h1,3-5,7,9-10,31-32H,2,6,8,11H2,(H2,23,30)(H,24,25,26). The van der Waals surface area contributed by atoms with E-state index in [1.54, 1.807) is 40.9 Å². The molecular weight excluding hydrogens is 409 g/mol. The average Bonchev–Trinajstić information content (AvgIpc) is 3.44. The predicted octanol–water partition coefficient (Wildman–Crippen LogP) is 0.0658. The van der Waals surface area contributed by atoms with Crippen LogP contribution in [-0.2, 0) is 19.4 Å². The fraction of sp³-hybridized carbons (Fsp3) is 0.190. The van der Waals surface area contributed by atoms with Crippen LogP contribution in [0.1, 0.15) is 33.6 Å². The van der Waals surface area contributed by atoms with E-state index in [-0.39, 0.29) is 5.56 Å². The Balaban J connectivity index is 1.52. The van der Waals surface area contributed by atoms with E-state index in [4.69, 9.17) is 15.7 Å². The second-order valence-electron chi connectivity index (χ2n) is 7.65. The van der Waals surface area contributed by atoms with Crippen molar-refractivity contribution in [1.82, 2.24) is 24.6 Å². The molecule has 5 rings (SSSR count). The van der Waals surface area contributed by atoms with Gasteiger partial charge in [-0.1, -0.05) is 24.3 Å². The fourth-order valence-corrected chi connectivity index (χ4v) is 3.99. The molecule has 1 aliphatic carbocycles. The smallest absolute Gasteiger partial charge is 0.423 e. The minimum absolute atomic E-state index is 0.275. The first-order valence-electron chi connectivity index (χ1n) is 10.2. The maximum atomic E-state index is 11.7. The number of nitrogens with two attached hydrogens (primary N) is 1. The number of anilines is 1. The van der Waals surface area contributed by atoms with Gasteiger partial charge in [0, 0.05) is 24.0 Å². The highest BCUT2D eigenvalue weighted by molar-refractivity contribution is 6.58. The van der Waals surface area contributed by atoms with E-state index in [1.807, 2.05) is 6.07 Å². The Kier molecular flexibility index (Phi) is 5.04. The SMILES string of the molecule is NC(=O)c1cccn2c(-c3nc4c(c(NCc5cccc(B(O)O)c5)n3)CCC4)nnc12. The van der Waals surface area contributed by atoms with Crippen molar-refractivity contribution in [3.05, 3.63) is 65.0 Å². The molecule has 3 heterocycles. The van der Waals surface area contributed by atoms with Crippen LogP contribution in [-0.4, -0.2) is 47.6 Å². The number of carbonyl (C=O) groups is 1. The molecule has 0 fully saturated rings. The molecule has 0 saturated heterocycles. The number of aromatic nitrogens is 5. The van der Waals surface area contributed by atoms with Crippen molar-refractivity contribution in [2.45, 2.75) is 25.8 Å². The zero-order chi connectivity index (χ0) is 22.2. The number of hydrogen-bond acceptors (Lipinski definition) is 8. The second-order valence-corrected chi connectivity index (χ2v) is 7.65. The minimum Gasteiger partial charge on any atom is -0.423 e. The van der Waals surface area contributed by atoms with Crippen molar-refractivity contribution in [2.75, 3.05) is 5.32 Å². The van der Waals surface area contributed by atoms with Gasteiger partial charge in [-0.25, -0.2) is 9.97 Å². The lowest BCUT2D eigenvalue weighted by Gasteiger charge is -2.12. The van der Waals surface area contributed by atoms with Crippen molar-refractivity contribution in [2.24, 2.45) is 5.73 Å². The van der Waals surface area contributed by atoms with Crippen LogP contribution < -0.4 is 16.5 Å². The normalized spacial score (nSPS) is 12.7. The van der Waals surface area contributed by atoms with Crippen LogP contribution in [0.25, 0.3) is 17.3 Å². The Morgan fingerprint density at radius 3 is 2.84 bits per heavy atom. The lowest BCUT2D eigenvalue weighted by molar-refractivity contribution is 0.100. The summed E-state index contributed by atoms with van der Waals surface area (Å²) in [6.45, 7) is 0.454. The number of fused-ring (bicyclic) bond motifs is 2. The molecule has 10 nitrogen and oxygen atoms in total. The summed E-state index contributed by atoms with van der Waals surface area (Å²) >= 11 is 0. The highest BCUT2D eigenvalue weighted by Gasteiger charge is 2.23. The molecule has 11 heteroatoms. The number of primary amides is 1. The van der Waals surface area contributed by atoms with Crippen molar-refractivity contribution in [1.29, 1.82) is 0 Å². The largest absolute Gasteiger partial charge is 0.488 e. The van der Waals surface area contributed by atoms with Crippen LogP contribution in [0.4, 0.5) is 5.82 Å². The number of nitrogens with zero attached hydrogens (tertiary/aromatic N) is 5. The third-order valence-electron chi connectivity index (χ3n) is 5.54. The molecule has 32 heavy (non-hydrogen) atoms. The van der Waals surface area contributed by atoms with Crippen molar-refractivity contribution in [3.8, 4) is 11.6 Å². The van der Waals surface area contributed by atoms with Gasteiger partial charge < -0.3 is 21.1 Å². The van der Waals surface area contributed by atoms with Crippen LogP contribution in [0.2, 0.25) is 0 Å². The molecule has 0 aliphatic heterocycles. The van der Waals surface area contributed by atoms with Gasteiger partial charge in [-0.05, 0) is 42.4 Å². The number of hydrogen-bond donors (Lipinski definition) is 4. The molecule has 0 saturated carbocycles. The van der Waals surface area contributed by atoms with E-state index in [0.29, 0.717) is 35.1 Å². The van der Waals surface area contributed by atoms with E-state index in [1.165, 1.54) is 0 Å². The summed E-state index contributed by atoms with van der Waals surface area (Å²) in [4.78, 5) is 21.2. The quantitative estimate of drug-likeness (QED) is 0.314. The lowest BCUT2D eigenvalue weighted by Crippen LogP contribution is -2.30. The van der Waals surface area contributed by atoms with Crippen molar-refractivity contribution < 1.29 is 14.8 Å². The molecule has 160 valence electrons. The number of benzene rings is 1. The van der Waals surface area contributed by atoms with Gasteiger partial charge in [0.25, 0.3) is 5.91 Å². The summed E-state index contributed by atoms with van der Waals surface area (Å²) in [7, 11) is -1.52. The molecule has 0 atom stereocenters. The summed E-state index contributed by atoms with van der Waals surface area (Å²) < 4.78 is 1.66. The van der Waals surface area contributed by atoms with Crippen LogP contribution in [0.15, 0.2) is 42.6 Å². The third kappa shape index (κ3) is 3.57. The number of carbonyl (C=O) groups excluding carboxylic acids is 1. The van der Waals surface area contributed by atoms with E-state index < -0.39 is 13.0 Å². The van der Waals surface area contributed by atoms with Gasteiger partial charge in [-0.3, -0.25) is 9.20 Å². The van der Waals surface area contributed by atoms with Gasteiger partial charge in [0.15, 0.2) is 11.5 Å². The average molecular weight is 429 g/mol. The van der Waals surface area contributed by atoms with Gasteiger partial charge in [0.1, 0.15) is 5.82 Å². The summed E-state index contributed by atoms with van der Waals surface area (Å²) in [5.74, 6) is 0.954. The maximum Gasteiger partial charge on any atom is 0.488 e. The first-order valence-corrected chi connectivity index (χ1v) is 10.2.